The molecule has 120 valence electrons. The van der Waals surface area contributed by atoms with Crippen molar-refractivity contribution in [2.75, 3.05) is 14.2 Å². The highest BCUT2D eigenvalue weighted by atomic mass is 16.5. The van der Waals surface area contributed by atoms with Gasteiger partial charge in [0.2, 0.25) is 5.91 Å². The van der Waals surface area contributed by atoms with E-state index in [9.17, 15) is 4.79 Å². The number of rotatable bonds is 5. The second-order valence-electron chi connectivity index (χ2n) is 6.19. The molecule has 23 heavy (non-hydrogen) atoms. The lowest BCUT2D eigenvalue weighted by Gasteiger charge is -2.29. The number of methoxy groups -OCH3 is 1. The molecular weight excluding hydrogens is 288 g/mol. The molecule has 1 aliphatic rings. The molecule has 1 aromatic carbocycles. The van der Waals surface area contributed by atoms with E-state index in [2.05, 4.69) is 4.98 Å². The van der Waals surface area contributed by atoms with Crippen LogP contribution < -0.4 is 4.74 Å². The SMILES string of the molecule is COc1ccc(C2(C(=O)N(C)[C@H](C)c3cccnc3)CC2)cc1. The van der Waals surface area contributed by atoms with Crippen LogP contribution in [0, 0.1) is 0 Å². The predicted molar refractivity (Wildman–Crippen MR) is 89.3 cm³/mol. The average molecular weight is 310 g/mol. The molecule has 1 saturated carbocycles. The van der Waals surface area contributed by atoms with Crippen molar-refractivity contribution in [3.05, 3.63) is 59.9 Å². The zero-order valence-electron chi connectivity index (χ0n) is 13.8. The summed E-state index contributed by atoms with van der Waals surface area (Å²) in [7, 11) is 3.53. The lowest BCUT2D eigenvalue weighted by atomic mass is 9.93. The summed E-state index contributed by atoms with van der Waals surface area (Å²) in [5, 5.41) is 0. The topological polar surface area (TPSA) is 42.4 Å². The van der Waals surface area contributed by atoms with Crippen LogP contribution in [0.1, 0.15) is 36.9 Å². The number of benzene rings is 1. The van der Waals surface area contributed by atoms with Gasteiger partial charge in [-0.1, -0.05) is 18.2 Å². The fourth-order valence-electron chi connectivity index (χ4n) is 3.02. The molecule has 0 radical (unpaired) electrons. The number of nitrogens with zero attached hydrogens (tertiary/aromatic N) is 2. The molecule has 0 spiro atoms. The Bertz CT molecular complexity index is 678. The molecule has 0 unspecified atom stereocenters. The Morgan fingerprint density at radius 3 is 2.48 bits per heavy atom. The van der Waals surface area contributed by atoms with Gasteiger partial charge < -0.3 is 9.64 Å². The summed E-state index contributed by atoms with van der Waals surface area (Å²) in [6, 6.07) is 11.8. The van der Waals surface area contributed by atoms with Crippen LogP contribution in [0.15, 0.2) is 48.8 Å². The second-order valence-corrected chi connectivity index (χ2v) is 6.19. The minimum absolute atomic E-state index is 0.00641. The third kappa shape index (κ3) is 2.81. The third-order valence-electron chi connectivity index (χ3n) is 4.87. The van der Waals surface area contributed by atoms with Crippen molar-refractivity contribution in [1.29, 1.82) is 0 Å². The summed E-state index contributed by atoms with van der Waals surface area (Å²) in [4.78, 5) is 19.1. The standard InChI is InChI=1S/C19H22N2O2/c1-14(15-5-4-12-20-13-15)21(2)18(22)19(10-11-19)16-6-8-17(23-3)9-7-16/h4-9,12-14H,10-11H2,1-3H3/t14-/m1/s1. The fourth-order valence-corrected chi connectivity index (χ4v) is 3.02. The van der Waals surface area contributed by atoms with Crippen LogP contribution in [0.5, 0.6) is 5.75 Å². The Balaban J connectivity index is 1.81. The maximum absolute atomic E-state index is 13.1. The smallest absolute Gasteiger partial charge is 0.233 e. The highest BCUT2D eigenvalue weighted by molar-refractivity contribution is 5.91. The maximum Gasteiger partial charge on any atom is 0.233 e. The largest absolute Gasteiger partial charge is 0.497 e. The van der Waals surface area contributed by atoms with E-state index in [1.165, 1.54) is 0 Å². The van der Waals surface area contributed by atoms with E-state index in [1.807, 2.05) is 61.5 Å². The minimum atomic E-state index is -0.364. The van der Waals surface area contributed by atoms with Gasteiger partial charge in [0, 0.05) is 19.4 Å². The molecule has 1 aliphatic carbocycles. The van der Waals surface area contributed by atoms with E-state index in [1.54, 1.807) is 13.3 Å². The van der Waals surface area contributed by atoms with Crippen LogP contribution in [0.25, 0.3) is 0 Å². The van der Waals surface area contributed by atoms with E-state index >= 15 is 0 Å². The molecule has 1 amide bonds. The van der Waals surface area contributed by atoms with Gasteiger partial charge in [0.1, 0.15) is 5.75 Å². The van der Waals surface area contributed by atoms with Gasteiger partial charge in [-0.2, -0.15) is 0 Å². The van der Waals surface area contributed by atoms with Gasteiger partial charge in [-0.25, -0.2) is 0 Å². The number of hydrogen-bond donors (Lipinski definition) is 0. The minimum Gasteiger partial charge on any atom is -0.497 e. The fraction of sp³-hybridized carbons (Fsp3) is 0.368. The van der Waals surface area contributed by atoms with Crippen molar-refractivity contribution in [1.82, 2.24) is 9.88 Å². The zero-order chi connectivity index (χ0) is 16.4. The monoisotopic (exact) mass is 310 g/mol. The normalized spacial score (nSPS) is 16.5. The van der Waals surface area contributed by atoms with E-state index in [0.717, 1.165) is 29.7 Å². The zero-order valence-corrected chi connectivity index (χ0v) is 13.8. The second kappa shape index (κ2) is 6.03. The summed E-state index contributed by atoms with van der Waals surface area (Å²) in [5.41, 5.74) is 1.76. The molecule has 0 bridgehead atoms. The van der Waals surface area contributed by atoms with Crippen LogP contribution in [0.2, 0.25) is 0 Å². The summed E-state index contributed by atoms with van der Waals surface area (Å²) in [5.74, 6) is 0.994. The average Bonchev–Trinajstić information content (AvgIpc) is 3.42. The van der Waals surface area contributed by atoms with Crippen LogP contribution in [-0.4, -0.2) is 29.9 Å². The molecule has 4 heteroatoms. The van der Waals surface area contributed by atoms with Crippen molar-refractivity contribution in [2.45, 2.75) is 31.2 Å². The van der Waals surface area contributed by atoms with Gasteiger partial charge >= 0.3 is 0 Å². The van der Waals surface area contributed by atoms with Gasteiger partial charge in [0.25, 0.3) is 0 Å². The third-order valence-corrected chi connectivity index (χ3v) is 4.87. The molecule has 2 aromatic rings. The molecule has 0 saturated heterocycles. The van der Waals surface area contributed by atoms with E-state index < -0.39 is 0 Å². The predicted octanol–water partition coefficient (Wildman–Crippen LogP) is 3.34. The molecular formula is C19H22N2O2. The molecule has 1 fully saturated rings. The molecule has 3 rings (SSSR count). The lowest BCUT2D eigenvalue weighted by molar-refractivity contribution is -0.134. The van der Waals surface area contributed by atoms with Crippen molar-refractivity contribution in [2.24, 2.45) is 0 Å². The van der Waals surface area contributed by atoms with E-state index in [0.29, 0.717) is 0 Å². The van der Waals surface area contributed by atoms with Gasteiger partial charge in [0.05, 0.1) is 18.6 Å². The maximum atomic E-state index is 13.1. The first-order valence-electron chi connectivity index (χ1n) is 7.90. The number of pyridine rings is 1. The van der Waals surface area contributed by atoms with Gasteiger partial charge in [0.15, 0.2) is 0 Å². The molecule has 1 atom stereocenters. The van der Waals surface area contributed by atoms with Crippen molar-refractivity contribution < 1.29 is 9.53 Å². The van der Waals surface area contributed by atoms with Gasteiger partial charge in [-0.3, -0.25) is 9.78 Å². The van der Waals surface area contributed by atoms with Crippen molar-refractivity contribution >= 4 is 5.91 Å². The molecule has 1 heterocycles. The number of carbonyl (C=O) groups excluding carboxylic acids is 1. The van der Waals surface area contributed by atoms with Crippen LogP contribution >= 0.6 is 0 Å². The first-order valence-corrected chi connectivity index (χ1v) is 7.90. The number of amides is 1. The van der Waals surface area contributed by atoms with Crippen LogP contribution in [-0.2, 0) is 10.2 Å². The number of aromatic nitrogens is 1. The highest BCUT2D eigenvalue weighted by Crippen LogP contribution is 2.50. The first-order chi connectivity index (χ1) is 11.1. The highest BCUT2D eigenvalue weighted by Gasteiger charge is 2.53. The number of hydrogen-bond acceptors (Lipinski definition) is 3. The quantitative estimate of drug-likeness (QED) is 0.850. The van der Waals surface area contributed by atoms with Gasteiger partial charge in [-0.05, 0) is 49.1 Å². The Kier molecular flexibility index (Phi) is 4.07. The summed E-state index contributed by atoms with van der Waals surface area (Å²) < 4.78 is 5.20. The Morgan fingerprint density at radius 2 is 1.96 bits per heavy atom. The molecule has 0 N–H and O–H groups in total. The van der Waals surface area contributed by atoms with E-state index in [4.69, 9.17) is 4.74 Å². The summed E-state index contributed by atoms with van der Waals surface area (Å²) >= 11 is 0. The Labute approximate surface area is 137 Å². The molecule has 0 aliphatic heterocycles. The summed E-state index contributed by atoms with van der Waals surface area (Å²) in [6.45, 7) is 2.04. The van der Waals surface area contributed by atoms with Gasteiger partial charge in [-0.15, -0.1) is 0 Å². The number of ether oxygens (including phenoxy) is 1. The van der Waals surface area contributed by atoms with Crippen molar-refractivity contribution in [3.8, 4) is 5.75 Å². The Morgan fingerprint density at radius 1 is 1.26 bits per heavy atom. The van der Waals surface area contributed by atoms with Crippen molar-refractivity contribution in [3.63, 3.8) is 0 Å². The molecule has 1 aromatic heterocycles. The van der Waals surface area contributed by atoms with Crippen LogP contribution in [0.4, 0.5) is 0 Å². The Hall–Kier alpha value is -2.36. The lowest BCUT2D eigenvalue weighted by Crippen LogP contribution is -2.38. The summed E-state index contributed by atoms with van der Waals surface area (Å²) in [6.07, 6.45) is 5.38. The number of likely N-dealkylation sites (N-methyl/N-ethyl adjacent to an activating group) is 1. The molecule has 4 nitrogen and oxygen atoms in total. The van der Waals surface area contributed by atoms with Crippen LogP contribution in [0.3, 0.4) is 0 Å². The number of carbonyl (C=O) groups is 1. The first kappa shape index (κ1) is 15.5. The van der Waals surface area contributed by atoms with E-state index in [-0.39, 0.29) is 17.4 Å².